The molecule has 0 saturated carbocycles. The molecule has 62 valence electrons. The fraction of sp³-hybridized carbons (Fsp3) is 0.600. The zero-order valence-electron chi connectivity index (χ0n) is 7.30. The van der Waals surface area contributed by atoms with Gasteiger partial charge in [-0.05, 0) is 26.7 Å². The van der Waals surface area contributed by atoms with Gasteiger partial charge in [-0.2, -0.15) is 0 Å². The molecule has 0 saturated heterocycles. The van der Waals surface area contributed by atoms with E-state index in [0.29, 0.717) is 5.92 Å². The summed E-state index contributed by atoms with van der Waals surface area (Å²) in [6.07, 6.45) is 3.82. The lowest BCUT2D eigenvalue weighted by atomic mass is 9.84. The summed E-state index contributed by atoms with van der Waals surface area (Å²) in [7, 11) is 0. The molecule has 1 aliphatic carbocycles. The highest BCUT2D eigenvalue weighted by molar-refractivity contribution is 5.14. The van der Waals surface area contributed by atoms with Gasteiger partial charge in [-0.3, -0.25) is 0 Å². The Balaban J connectivity index is 2.68. The standard InChI is InChI=1S/C10H16O/c1-7(2)9-5-4-8(3)6-10(9)11/h6,9-11H,1,4-5H2,2-3H3/t9-,10+/m1/s1. The van der Waals surface area contributed by atoms with Crippen LogP contribution in [0, 0.1) is 5.92 Å². The van der Waals surface area contributed by atoms with Crippen LogP contribution in [-0.4, -0.2) is 11.2 Å². The largest absolute Gasteiger partial charge is 0.388 e. The molecule has 0 aromatic carbocycles. The van der Waals surface area contributed by atoms with E-state index < -0.39 is 0 Å². The fourth-order valence-corrected chi connectivity index (χ4v) is 1.58. The van der Waals surface area contributed by atoms with Crippen molar-refractivity contribution in [3.05, 3.63) is 23.8 Å². The van der Waals surface area contributed by atoms with Crippen LogP contribution in [0.25, 0.3) is 0 Å². The molecule has 1 rings (SSSR count). The lowest BCUT2D eigenvalue weighted by Crippen LogP contribution is -2.22. The lowest BCUT2D eigenvalue weighted by molar-refractivity contribution is 0.157. The molecule has 0 spiro atoms. The highest BCUT2D eigenvalue weighted by atomic mass is 16.3. The number of rotatable bonds is 1. The zero-order valence-corrected chi connectivity index (χ0v) is 7.30. The molecule has 0 aliphatic heterocycles. The summed E-state index contributed by atoms with van der Waals surface area (Å²) in [6.45, 7) is 7.92. The summed E-state index contributed by atoms with van der Waals surface area (Å²) in [6, 6.07) is 0. The second-order valence-corrected chi connectivity index (χ2v) is 3.50. The van der Waals surface area contributed by atoms with Crippen molar-refractivity contribution in [2.75, 3.05) is 0 Å². The average molecular weight is 152 g/mol. The minimum absolute atomic E-state index is 0.290. The highest BCUT2D eigenvalue weighted by Crippen LogP contribution is 2.27. The molecule has 0 radical (unpaired) electrons. The minimum Gasteiger partial charge on any atom is -0.388 e. The van der Waals surface area contributed by atoms with Crippen LogP contribution >= 0.6 is 0 Å². The first-order valence-corrected chi connectivity index (χ1v) is 4.12. The molecule has 0 aromatic heterocycles. The lowest BCUT2D eigenvalue weighted by Gasteiger charge is -2.25. The van der Waals surface area contributed by atoms with Crippen LogP contribution in [0.15, 0.2) is 23.8 Å². The summed E-state index contributed by atoms with van der Waals surface area (Å²) < 4.78 is 0. The monoisotopic (exact) mass is 152 g/mol. The van der Waals surface area contributed by atoms with Crippen molar-refractivity contribution in [2.24, 2.45) is 5.92 Å². The van der Waals surface area contributed by atoms with E-state index in [1.807, 2.05) is 13.0 Å². The van der Waals surface area contributed by atoms with Crippen LogP contribution < -0.4 is 0 Å². The molecule has 0 unspecified atom stereocenters. The quantitative estimate of drug-likeness (QED) is 0.571. The van der Waals surface area contributed by atoms with Gasteiger partial charge in [0.2, 0.25) is 0 Å². The van der Waals surface area contributed by atoms with Gasteiger partial charge in [0.1, 0.15) is 0 Å². The van der Waals surface area contributed by atoms with Gasteiger partial charge in [0, 0.05) is 5.92 Å². The van der Waals surface area contributed by atoms with E-state index in [-0.39, 0.29) is 6.10 Å². The van der Waals surface area contributed by atoms with Gasteiger partial charge >= 0.3 is 0 Å². The van der Waals surface area contributed by atoms with Gasteiger partial charge in [0.05, 0.1) is 6.10 Å². The second-order valence-electron chi connectivity index (χ2n) is 3.50. The fourth-order valence-electron chi connectivity index (χ4n) is 1.58. The zero-order chi connectivity index (χ0) is 8.43. The van der Waals surface area contributed by atoms with Crippen molar-refractivity contribution >= 4 is 0 Å². The third kappa shape index (κ3) is 1.93. The van der Waals surface area contributed by atoms with E-state index >= 15 is 0 Å². The maximum absolute atomic E-state index is 9.57. The third-order valence-electron chi connectivity index (χ3n) is 2.35. The molecule has 1 nitrogen and oxygen atoms in total. The van der Waals surface area contributed by atoms with Gasteiger partial charge in [-0.15, -0.1) is 0 Å². The molecule has 0 heterocycles. The van der Waals surface area contributed by atoms with Crippen molar-refractivity contribution in [1.82, 2.24) is 0 Å². The number of hydrogen-bond acceptors (Lipinski definition) is 1. The van der Waals surface area contributed by atoms with Gasteiger partial charge in [-0.25, -0.2) is 0 Å². The van der Waals surface area contributed by atoms with E-state index in [1.54, 1.807) is 0 Å². The molecule has 0 fully saturated rings. The molecular weight excluding hydrogens is 136 g/mol. The Morgan fingerprint density at radius 2 is 2.36 bits per heavy atom. The van der Waals surface area contributed by atoms with E-state index in [4.69, 9.17) is 0 Å². The molecule has 1 aliphatic rings. The van der Waals surface area contributed by atoms with Crippen molar-refractivity contribution in [3.63, 3.8) is 0 Å². The Labute approximate surface area is 68.4 Å². The number of hydrogen-bond donors (Lipinski definition) is 1. The van der Waals surface area contributed by atoms with Crippen molar-refractivity contribution < 1.29 is 5.11 Å². The van der Waals surface area contributed by atoms with Crippen LogP contribution in [0.1, 0.15) is 26.7 Å². The highest BCUT2D eigenvalue weighted by Gasteiger charge is 2.21. The SMILES string of the molecule is C=C(C)[C@H]1CCC(C)=C[C@@H]1O. The van der Waals surface area contributed by atoms with E-state index in [9.17, 15) is 5.11 Å². The average Bonchev–Trinajstić information content (AvgIpc) is 1.85. The minimum atomic E-state index is -0.291. The van der Waals surface area contributed by atoms with E-state index in [0.717, 1.165) is 18.4 Å². The summed E-state index contributed by atoms with van der Waals surface area (Å²) in [5, 5.41) is 9.57. The van der Waals surface area contributed by atoms with Crippen molar-refractivity contribution in [2.45, 2.75) is 32.8 Å². The molecule has 0 amide bonds. The molecule has 0 aromatic rings. The van der Waals surface area contributed by atoms with Crippen LogP contribution in [0.3, 0.4) is 0 Å². The van der Waals surface area contributed by atoms with Crippen LogP contribution in [-0.2, 0) is 0 Å². The van der Waals surface area contributed by atoms with Crippen LogP contribution in [0.4, 0.5) is 0 Å². The summed E-state index contributed by atoms with van der Waals surface area (Å²) >= 11 is 0. The Morgan fingerprint density at radius 1 is 1.73 bits per heavy atom. The predicted molar refractivity (Wildman–Crippen MR) is 47.3 cm³/mol. The number of aliphatic hydroxyl groups is 1. The third-order valence-corrected chi connectivity index (χ3v) is 2.35. The van der Waals surface area contributed by atoms with Gasteiger partial charge in [0.15, 0.2) is 0 Å². The first kappa shape index (κ1) is 8.54. The first-order chi connectivity index (χ1) is 5.11. The van der Waals surface area contributed by atoms with Gasteiger partial charge < -0.3 is 5.11 Å². The Hall–Kier alpha value is -0.560. The summed E-state index contributed by atoms with van der Waals surface area (Å²) in [5.41, 5.74) is 2.40. The van der Waals surface area contributed by atoms with Gasteiger partial charge in [0.25, 0.3) is 0 Å². The molecule has 1 heteroatoms. The molecule has 2 atom stereocenters. The maximum Gasteiger partial charge on any atom is 0.0788 e. The molecule has 11 heavy (non-hydrogen) atoms. The molecule has 0 bridgehead atoms. The van der Waals surface area contributed by atoms with Crippen molar-refractivity contribution in [3.8, 4) is 0 Å². The molecule has 1 N–H and O–H groups in total. The first-order valence-electron chi connectivity index (χ1n) is 4.12. The number of allylic oxidation sites excluding steroid dienone is 1. The normalized spacial score (nSPS) is 31.4. The molecular formula is C10H16O. The Bertz CT molecular complexity index is 191. The van der Waals surface area contributed by atoms with E-state index in [2.05, 4.69) is 13.5 Å². The Kier molecular flexibility index (Phi) is 2.50. The number of aliphatic hydroxyl groups excluding tert-OH is 1. The topological polar surface area (TPSA) is 20.2 Å². The summed E-state index contributed by atoms with van der Waals surface area (Å²) in [4.78, 5) is 0. The predicted octanol–water partition coefficient (Wildman–Crippen LogP) is 2.28. The van der Waals surface area contributed by atoms with Gasteiger partial charge in [-0.1, -0.05) is 23.8 Å². The van der Waals surface area contributed by atoms with Crippen LogP contribution in [0.2, 0.25) is 0 Å². The smallest absolute Gasteiger partial charge is 0.0788 e. The van der Waals surface area contributed by atoms with E-state index in [1.165, 1.54) is 5.57 Å². The van der Waals surface area contributed by atoms with Crippen molar-refractivity contribution in [1.29, 1.82) is 0 Å². The van der Waals surface area contributed by atoms with Crippen LogP contribution in [0.5, 0.6) is 0 Å². The maximum atomic E-state index is 9.57. The second kappa shape index (κ2) is 3.22. The summed E-state index contributed by atoms with van der Waals surface area (Å²) in [5.74, 6) is 0.290. The Morgan fingerprint density at radius 3 is 2.82 bits per heavy atom.